The number of anilines is 1. The van der Waals surface area contributed by atoms with Crippen LogP contribution in [0.3, 0.4) is 0 Å². The van der Waals surface area contributed by atoms with E-state index in [0.29, 0.717) is 6.42 Å². The molecule has 2 heterocycles. The van der Waals surface area contributed by atoms with Gasteiger partial charge in [-0.25, -0.2) is 17.5 Å². The molecule has 0 aromatic heterocycles. The van der Waals surface area contributed by atoms with Crippen molar-refractivity contribution in [2.75, 3.05) is 5.73 Å². The van der Waals surface area contributed by atoms with E-state index in [9.17, 15) is 12.8 Å². The van der Waals surface area contributed by atoms with Crippen molar-refractivity contribution in [3.05, 3.63) is 24.0 Å². The molecule has 0 radical (unpaired) electrons. The molecule has 0 saturated carbocycles. The molecule has 1 aromatic rings. The second-order valence-corrected chi connectivity index (χ2v) is 6.65. The highest BCUT2D eigenvalue weighted by atomic mass is 32.2. The van der Waals surface area contributed by atoms with Gasteiger partial charge in [-0.2, -0.15) is 0 Å². The Labute approximate surface area is 111 Å². The Kier molecular flexibility index (Phi) is 2.99. The quantitative estimate of drug-likeness (QED) is 0.812. The highest BCUT2D eigenvalue weighted by Crippen LogP contribution is 2.35. The van der Waals surface area contributed by atoms with Crippen molar-refractivity contribution in [3.63, 3.8) is 0 Å². The Morgan fingerprint density at radius 1 is 1.37 bits per heavy atom. The zero-order valence-corrected chi connectivity index (χ0v) is 11.0. The topological polar surface area (TPSA) is 81.4 Å². The number of hydrogen-bond acceptors (Lipinski definition) is 4. The summed E-state index contributed by atoms with van der Waals surface area (Å²) in [6.45, 7) is 0. The number of nitrogens with two attached hydrogens (primary N) is 1. The summed E-state index contributed by atoms with van der Waals surface area (Å²) in [4.78, 5) is -0.474. The van der Waals surface area contributed by atoms with Gasteiger partial charge in [-0.3, -0.25) is 0 Å². The molecule has 3 N–H and O–H groups in total. The Hall–Kier alpha value is -1.18. The molecule has 104 valence electrons. The van der Waals surface area contributed by atoms with E-state index in [0.717, 1.165) is 18.9 Å². The van der Waals surface area contributed by atoms with Crippen LogP contribution in [-0.4, -0.2) is 26.7 Å². The molecule has 1 aromatic carbocycles. The lowest BCUT2D eigenvalue weighted by atomic mass is 9.96. The predicted octanol–water partition coefficient (Wildman–Crippen LogP) is 1.01. The van der Waals surface area contributed by atoms with Gasteiger partial charge in [0.15, 0.2) is 0 Å². The minimum Gasteiger partial charge on any atom is -0.398 e. The third-order valence-corrected chi connectivity index (χ3v) is 5.26. The van der Waals surface area contributed by atoms with Crippen molar-refractivity contribution >= 4 is 15.7 Å². The maximum absolute atomic E-state index is 13.7. The van der Waals surface area contributed by atoms with Gasteiger partial charge in [-0.15, -0.1) is 0 Å². The van der Waals surface area contributed by atoms with E-state index < -0.39 is 20.7 Å². The van der Waals surface area contributed by atoms with E-state index >= 15 is 0 Å². The zero-order valence-electron chi connectivity index (χ0n) is 10.2. The van der Waals surface area contributed by atoms with Crippen LogP contribution >= 0.6 is 0 Å². The van der Waals surface area contributed by atoms with Gasteiger partial charge in [0.25, 0.3) is 0 Å². The number of nitrogens with one attached hydrogen (secondary N) is 1. The van der Waals surface area contributed by atoms with Crippen LogP contribution in [0.25, 0.3) is 0 Å². The van der Waals surface area contributed by atoms with Gasteiger partial charge in [0.1, 0.15) is 10.7 Å². The fourth-order valence-corrected chi connectivity index (χ4v) is 4.30. The number of halogens is 1. The van der Waals surface area contributed by atoms with Crippen LogP contribution in [0.5, 0.6) is 0 Å². The summed E-state index contributed by atoms with van der Waals surface area (Å²) in [5, 5.41) is 0. The predicted molar refractivity (Wildman–Crippen MR) is 67.4 cm³/mol. The van der Waals surface area contributed by atoms with Gasteiger partial charge >= 0.3 is 0 Å². The molecule has 2 bridgehead atoms. The first kappa shape index (κ1) is 12.8. The van der Waals surface area contributed by atoms with Gasteiger partial charge in [0, 0.05) is 0 Å². The van der Waals surface area contributed by atoms with Crippen LogP contribution in [-0.2, 0) is 14.8 Å². The Morgan fingerprint density at radius 2 is 2.16 bits per heavy atom. The molecule has 2 fully saturated rings. The number of fused-ring (bicyclic) bond motifs is 2. The van der Waals surface area contributed by atoms with Gasteiger partial charge in [0.05, 0.1) is 23.9 Å². The van der Waals surface area contributed by atoms with Crippen LogP contribution in [0.1, 0.15) is 19.3 Å². The molecule has 3 rings (SSSR count). The van der Waals surface area contributed by atoms with Crippen molar-refractivity contribution in [3.8, 4) is 0 Å². The van der Waals surface area contributed by atoms with E-state index in [1.807, 2.05) is 0 Å². The number of ether oxygens (including phenoxy) is 1. The molecular formula is C12H15FN2O3S. The van der Waals surface area contributed by atoms with Crippen LogP contribution in [0.15, 0.2) is 23.1 Å². The lowest BCUT2D eigenvalue weighted by Crippen LogP contribution is -2.41. The van der Waals surface area contributed by atoms with Gasteiger partial charge in [0.2, 0.25) is 10.0 Å². The van der Waals surface area contributed by atoms with Crippen molar-refractivity contribution < 1.29 is 17.5 Å². The second-order valence-electron chi connectivity index (χ2n) is 5.00. The van der Waals surface area contributed by atoms with E-state index in [1.165, 1.54) is 12.1 Å². The third kappa shape index (κ3) is 2.22. The molecular weight excluding hydrogens is 271 g/mol. The van der Waals surface area contributed by atoms with Crippen molar-refractivity contribution in [2.45, 2.75) is 42.4 Å². The second kappa shape index (κ2) is 4.43. The van der Waals surface area contributed by atoms with Crippen LogP contribution in [0, 0.1) is 5.82 Å². The number of nitrogen functional groups attached to an aromatic ring is 1. The van der Waals surface area contributed by atoms with E-state index in [-0.39, 0.29) is 23.9 Å². The molecule has 2 aliphatic rings. The standard InChI is InChI=1S/C12H15FN2O3S/c13-8-2-1-3-9(14)12(8)19(16,17)15-10-6-7-4-5-11(10)18-7/h1-3,7,10-11,15H,4-6,14H2. The van der Waals surface area contributed by atoms with Crippen LogP contribution < -0.4 is 10.5 Å². The Balaban J connectivity index is 1.87. The van der Waals surface area contributed by atoms with Crippen molar-refractivity contribution in [1.82, 2.24) is 4.72 Å². The molecule has 3 unspecified atom stereocenters. The average molecular weight is 286 g/mol. The molecule has 5 nitrogen and oxygen atoms in total. The highest BCUT2D eigenvalue weighted by molar-refractivity contribution is 7.89. The van der Waals surface area contributed by atoms with Crippen molar-refractivity contribution in [1.29, 1.82) is 0 Å². The number of benzene rings is 1. The molecule has 0 amide bonds. The minimum atomic E-state index is -3.96. The summed E-state index contributed by atoms with van der Waals surface area (Å²) in [6, 6.07) is 3.55. The summed E-state index contributed by atoms with van der Waals surface area (Å²) in [5.41, 5.74) is 5.48. The first-order valence-corrected chi connectivity index (χ1v) is 7.67. The molecule has 2 aliphatic heterocycles. The summed E-state index contributed by atoms with van der Waals surface area (Å²) in [6.07, 6.45) is 2.46. The SMILES string of the molecule is Nc1cccc(F)c1S(=O)(=O)NC1CC2CCC1O2. The summed E-state index contributed by atoms with van der Waals surface area (Å²) >= 11 is 0. The molecule has 3 atom stereocenters. The fraction of sp³-hybridized carbons (Fsp3) is 0.500. The number of sulfonamides is 1. The fourth-order valence-electron chi connectivity index (χ4n) is 2.83. The first-order chi connectivity index (χ1) is 8.97. The molecule has 0 aliphatic carbocycles. The van der Waals surface area contributed by atoms with Gasteiger partial charge < -0.3 is 10.5 Å². The molecule has 19 heavy (non-hydrogen) atoms. The van der Waals surface area contributed by atoms with Gasteiger partial charge in [-0.1, -0.05) is 6.07 Å². The monoisotopic (exact) mass is 286 g/mol. The summed E-state index contributed by atoms with van der Waals surface area (Å²) in [7, 11) is -3.96. The maximum Gasteiger partial charge on any atom is 0.245 e. The lowest BCUT2D eigenvalue weighted by molar-refractivity contribution is 0.0996. The number of hydrogen-bond donors (Lipinski definition) is 2. The normalized spacial score (nSPS) is 29.8. The van der Waals surface area contributed by atoms with Gasteiger partial charge in [-0.05, 0) is 31.4 Å². The molecule has 2 saturated heterocycles. The molecule has 7 heteroatoms. The Morgan fingerprint density at radius 3 is 2.74 bits per heavy atom. The Bertz CT molecular complexity index is 585. The highest BCUT2D eigenvalue weighted by Gasteiger charge is 2.43. The van der Waals surface area contributed by atoms with E-state index in [1.54, 1.807) is 0 Å². The maximum atomic E-state index is 13.7. The molecule has 0 spiro atoms. The smallest absolute Gasteiger partial charge is 0.245 e. The largest absolute Gasteiger partial charge is 0.398 e. The average Bonchev–Trinajstić information content (AvgIpc) is 2.89. The number of rotatable bonds is 3. The first-order valence-electron chi connectivity index (χ1n) is 6.19. The van der Waals surface area contributed by atoms with Crippen LogP contribution in [0.2, 0.25) is 0 Å². The van der Waals surface area contributed by atoms with Crippen LogP contribution in [0.4, 0.5) is 10.1 Å². The third-order valence-electron chi connectivity index (χ3n) is 3.68. The summed E-state index contributed by atoms with van der Waals surface area (Å²) in [5.74, 6) is -0.837. The minimum absolute atomic E-state index is 0.0865. The summed E-state index contributed by atoms with van der Waals surface area (Å²) < 4.78 is 46.2. The zero-order chi connectivity index (χ0) is 13.6. The van der Waals surface area contributed by atoms with E-state index in [4.69, 9.17) is 10.5 Å². The van der Waals surface area contributed by atoms with E-state index in [2.05, 4.69) is 4.72 Å². The van der Waals surface area contributed by atoms with Crippen molar-refractivity contribution in [2.24, 2.45) is 0 Å². The lowest BCUT2D eigenvalue weighted by Gasteiger charge is -2.20.